The predicted octanol–water partition coefficient (Wildman–Crippen LogP) is 3.25. The molecule has 0 bridgehead atoms. The van der Waals surface area contributed by atoms with E-state index >= 15 is 0 Å². The molecular formula is C15H15FN2O. The zero-order valence-corrected chi connectivity index (χ0v) is 10.9. The van der Waals surface area contributed by atoms with Crippen LogP contribution in [0.4, 0.5) is 4.39 Å². The minimum atomic E-state index is -0.347. The third kappa shape index (κ3) is 3.16. The van der Waals surface area contributed by atoms with E-state index in [9.17, 15) is 9.18 Å². The molecule has 0 spiro atoms. The normalized spacial score (nSPS) is 11.1. The molecule has 0 aliphatic rings. The Kier molecular flexibility index (Phi) is 3.90. The minimum Gasteiger partial charge on any atom is -0.289 e. The highest BCUT2D eigenvalue weighted by Crippen LogP contribution is 2.10. The van der Waals surface area contributed by atoms with Gasteiger partial charge in [0, 0.05) is 23.9 Å². The summed E-state index contributed by atoms with van der Waals surface area (Å²) >= 11 is 0. The highest BCUT2D eigenvalue weighted by molar-refractivity contribution is 6.06. The SMILES string of the molecule is CCn1cc(C=CC(=O)c2ccc(F)cc2)c(C)n1. The van der Waals surface area contributed by atoms with Crippen LogP contribution in [-0.4, -0.2) is 15.6 Å². The molecule has 0 atom stereocenters. The number of aryl methyl sites for hydroxylation is 2. The lowest BCUT2D eigenvalue weighted by Gasteiger charge is -1.95. The predicted molar refractivity (Wildman–Crippen MR) is 72.4 cm³/mol. The molecule has 1 heterocycles. The summed E-state index contributed by atoms with van der Waals surface area (Å²) < 4.78 is 14.6. The molecule has 0 fully saturated rings. The molecule has 2 rings (SSSR count). The Labute approximate surface area is 111 Å². The molecule has 0 unspecified atom stereocenters. The third-order valence-corrected chi connectivity index (χ3v) is 2.85. The van der Waals surface area contributed by atoms with Gasteiger partial charge in [-0.2, -0.15) is 5.10 Å². The number of carbonyl (C=O) groups excluding carboxylic acids is 1. The fraction of sp³-hybridized carbons (Fsp3) is 0.200. The van der Waals surface area contributed by atoms with E-state index in [2.05, 4.69) is 5.10 Å². The van der Waals surface area contributed by atoms with Crippen LogP contribution in [0.25, 0.3) is 6.08 Å². The van der Waals surface area contributed by atoms with Gasteiger partial charge >= 0.3 is 0 Å². The highest BCUT2D eigenvalue weighted by Gasteiger charge is 2.04. The fourth-order valence-corrected chi connectivity index (χ4v) is 1.73. The number of hydrogen-bond acceptors (Lipinski definition) is 2. The molecule has 3 nitrogen and oxygen atoms in total. The van der Waals surface area contributed by atoms with Crippen LogP contribution in [-0.2, 0) is 6.54 Å². The van der Waals surface area contributed by atoms with Gasteiger partial charge in [0.2, 0.25) is 0 Å². The number of rotatable bonds is 4. The zero-order chi connectivity index (χ0) is 13.8. The Bertz CT molecular complexity index is 612. The van der Waals surface area contributed by atoms with Gasteiger partial charge in [-0.1, -0.05) is 0 Å². The van der Waals surface area contributed by atoms with Crippen LogP contribution in [0.1, 0.15) is 28.5 Å². The Balaban J connectivity index is 2.15. The molecule has 1 aromatic carbocycles. The second-order valence-electron chi connectivity index (χ2n) is 4.23. The number of nitrogens with zero attached hydrogens (tertiary/aromatic N) is 2. The van der Waals surface area contributed by atoms with Gasteiger partial charge in [0.05, 0.1) is 5.69 Å². The van der Waals surface area contributed by atoms with Crippen molar-refractivity contribution in [2.75, 3.05) is 0 Å². The largest absolute Gasteiger partial charge is 0.289 e. The number of ketones is 1. The molecule has 2 aromatic rings. The van der Waals surface area contributed by atoms with Crippen LogP contribution in [0.2, 0.25) is 0 Å². The van der Waals surface area contributed by atoms with Gasteiger partial charge in [0.25, 0.3) is 0 Å². The standard InChI is InChI=1S/C15H15FN2O/c1-3-18-10-13(11(2)17-18)6-9-15(19)12-4-7-14(16)8-5-12/h4-10H,3H2,1-2H3. The average Bonchev–Trinajstić information content (AvgIpc) is 2.77. The number of aromatic nitrogens is 2. The quantitative estimate of drug-likeness (QED) is 0.623. The molecule has 1 aromatic heterocycles. The first-order valence-corrected chi connectivity index (χ1v) is 6.12. The second kappa shape index (κ2) is 5.61. The van der Waals surface area contributed by atoms with E-state index in [0.29, 0.717) is 5.56 Å². The van der Waals surface area contributed by atoms with Crippen LogP contribution in [0.3, 0.4) is 0 Å². The molecule has 0 saturated heterocycles. The molecule has 0 amide bonds. The molecule has 98 valence electrons. The minimum absolute atomic E-state index is 0.149. The van der Waals surface area contributed by atoms with Crippen LogP contribution < -0.4 is 0 Å². The van der Waals surface area contributed by atoms with Crippen molar-refractivity contribution in [3.63, 3.8) is 0 Å². The van der Waals surface area contributed by atoms with Crippen LogP contribution >= 0.6 is 0 Å². The lowest BCUT2D eigenvalue weighted by Crippen LogP contribution is -1.93. The smallest absolute Gasteiger partial charge is 0.185 e. The lowest BCUT2D eigenvalue weighted by atomic mass is 10.1. The second-order valence-corrected chi connectivity index (χ2v) is 4.23. The molecule has 4 heteroatoms. The van der Waals surface area contributed by atoms with Crippen molar-refractivity contribution in [1.29, 1.82) is 0 Å². The molecular weight excluding hydrogens is 243 g/mol. The monoisotopic (exact) mass is 258 g/mol. The van der Waals surface area contributed by atoms with E-state index in [1.54, 1.807) is 6.08 Å². The van der Waals surface area contributed by atoms with Gasteiger partial charge in [-0.15, -0.1) is 0 Å². The van der Waals surface area contributed by atoms with Crippen molar-refractivity contribution < 1.29 is 9.18 Å². The topological polar surface area (TPSA) is 34.9 Å². The summed E-state index contributed by atoms with van der Waals surface area (Å²) in [6, 6.07) is 5.51. The molecule has 0 radical (unpaired) electrons. The third-order valence-electron chi connectivity index (χ3n) is 2.85. The van der Waals surface area contributed by atoms with Crippen LogP contribution in [0.5, 0.6) is 0 Å². The Morgan fingerprint density at radius 2 is 2.05 bits per heavy atom. The number of allylic oxidation sites excluding steroid dienone is 1. The Hall–Kier alpha value is -2.23. The van der Waals surface area contributed by atoms with Gasteiger partial charge in [-0.3, -0.25) is 9.48 Å². The molecule has 0 N–H and O–H groups in total. The van der Waals surface area contributed by atoms with Gasteiger partial charge in [0.1, 0.15) is 5.82 Å². The number of benzene rings is 1. The van der Waals surface area contributed by atoms with Crippen molar-refractivity contribution in [3.05, 3.63) is 59.2 Å². The maximum absolute atomic E-state index is 12.8. The Morgan fingerprint density at radius 1 is 1.37 bits per heavy atom. The van der Waals surface area contributed by atoms with E-state index < -0.39 is 0 Å². The number of carbonyl (C=O) groups is 1. The summed E-state index contributed by atoms with van der Waals surface area (Å²) in [4.78, 5) is 11.9. The molecule has 0 aliphatic carbocycles. The first-order chi connectivity index (χ1) is 9.10. The van der Waals surface area contributed by atoms with Crippen molar-refractivity contribution in [2.45, 2.75) is 20.4 Å². The van der Waals surface area contributed by atoms with Crippen molar-refractivity contribution in [1.82, 2.24) is 9.78 Å². The summed E-state index contributed by atoms with van der Waals surface area (Å²) in [5.74, 6) is -0.496. The van der Waals surface area contributed by atoms with Crippen molar-refractivity contribution in [2.24, 2.45) is 0 Å². The maximum atomic E-state index is 12.8. The van der Waals surface area contributed by atoms with Gasteiger partial charge in [-0.05, 0) is 50.3 Å². The van der Waals surface area contributed by atoms with Crippen LogP contribution in [0, 0.1) is 12.7 Å². The van der Waals surface area contributed by atoms with E-state index in [1.807, 2.05) is 24.7 Å². The Morgan fingerprint density at radius 3 is 2.63 bits per heavy atom. The first-order valence-electron chi connectivity index (χ1n) is 6.12. The summed E-state index contributed by atoms with van der Waals surface area (Å²) in [5, 5.41) is 4.30. The van der Waals surface area contributed by atoms with Gasteiger partial charge in [0.15, 0.2) is 5.78 Å². The lowest BCUT2D eigenvalue weighted by molar-refractivity contribution is 0.104. The summed E-state index contributed by atoms with van der Waals surface area (Å²) in [5.41, 5.74) is 2.26. The average molecular weight is 258 g/mol. The molecule has 19 heavy (non-hydrogen) atoms. The number of halogens is 1. The highest BCUT2D eigenvalue weighted by atomic mass is 19.1. The summed E-state index contributed by atoms with van der Waals surface area (Å²) in [6.07, 6.45) is 5.11. The molecule has 0 aliphatic heterocycles. The summed E-state index contributed by atoms with van der Waals surface area (Å²) in [7, 11) is 0. The van der Waals surface area contributed by atoms with Gasteiger partial charge < -0.3 is 0 Å². The van der Waals surface area contributed by atoms with E-state index in [-0.39, 0.29) is 11.6 Å². The van der Waals surface area contributed by atoms with Crippen LogP contribution in [0.15, 0.2) is 36.5 Å². The summed E-state index contributed by atoms with van der Waals surface area (Å²) in [6.45, 7) is 4.69. The first kappa shape index (κ1) is 13.2. The maximum Gasteiger partial charge on any atom is 0.185 e. The van der Waals surface area contributed by atoms with Gasteiger partial charge in [-0.25, -0.2) is 4.39 Å². The number of hydrogen-bond donors (Lipinski definition) is 0. The van der Waals surface area contributed by atoms with E-state index in [1.165, 1.54) is 30.3 Å². The van der Waals surface area contributed by atoms with Crippen molar-refractivity contribution >= 4 is 11.9 Å². The molecule has 0 saturated carbocycles. The zero-order valence-electron chi connectivity index (χ0n) is 10.9. The van der Waals surface area contributed by atoms with Crippen molar-refractivity contribution in [3.8, 4) is 0 Å². The fourth-order valence-electron chi connectivity index (χ4n) is 1.73. The van der Waals surface area contributed by atoms with E-state index in [4.69, 9.17) is 0 Å². The van der Waals surface area contributed by atoms with E-state index in [0.717, 1.165) is 17.8 Å².